The van der Waals surface area contributed by atoms with Gasteiger partial charge in [-0.05, 0) is 19.1 Å². The molecule has 0 aliphatic heterocycles. The highest BCUT2D eigenvalue weighted by Crippen LogP contribution is 2.24. The Morgan fingerprint density at radius 1 is 1.44 bits per heavy atom. The second-order valence-electron chi connectivity index (χ2n) is 3.99. The van der Waals surface area contributed by atoms with E-state index in [2.05, 4.69) is 0 Å². The Labute approximate surface area is 103 Å². The number of hydrogen-bond acceptors (Lipinski definition) is 3. The summed E-state index contributed by atoms with van der Waals surface area (Å²) in [6.07, 6.45) is 0. The number of carboxylic acids is 1. The van der Waals surface area contributed by atoms with Crippen LogP contribution in [0, 0.1) is 6.92 Å². The molecule has 1 N–H and O–H groups in total. The van der Waals surface area contributed by atoms with Crippen LogP contribution in [0.25, 0.3) is 10.9 Å². The van der Waals surface area contributed by atoms with Crippen molar-refractivity contribution in [2.45, 2.75) is 13.5 Å². The molecule has 0 unspecified atom stereocenters. The van der Waals surface area contributed by atoms with Crippen LogP contribution in [0.3, 0.4) is 0 Å². The molecule has 1 aromatic carbocycles. The van der Waals surface area contributed by atoms with Gasteiger partial charge in [-0.3, -0.25) is 9.59 Å². The van der Waals surface area contributed by atoms with Gasteiger partial charge in [0.05, 0.1) is 12.6 Å². The average molecular weight is 247 g/mol. The van der Waals surface area contributed by atoms with E-state index in [0.717, 1.165) is 0 Å². The van der Waals surface area contributed by atoms with Gasteiger partial charge in [-0.1, -0.05) is 6.07 Å². The van der Waals surface area contributed by atoms with E-state index < -0.39 is 5.97 Å². The van der Waals surface area contributed by atoms with Gasteiger partial charge in [0.25, 0.3) is 0 Å². The minimum absolute atomic E-state index is 0.136. The Bertz CT molecular complexity index is 672. The molecule has 0 aliphatic rings. The summed E-state index contributed by atoms with van der Waals surface area (Å²) < 4.78 is 6.77. The van der Waals surface area contributed by atoms with Crippen molar-refractivity contribution in [3.05, 3.63) is 40.2 Å². The van der Waals surface area contributed by atoms with Gasteiger partial charge in [0.1, 0.15) is 12.3 Å². The van der Waals surface area contributed by atoms with Crippen LogP contribution in [0.15, 0.2) is 29.1 Å². The molecule has 1 aromatic heterocycles. The molecule has 0 spiro atoms. The highest BCUT2D eigenvalue weighted by Gasteiger charge is 2.12. The first-order valence-electron chi connectivity index (χ1n) is 5.43. The highest BCUT2D eigenvalue weighted by atomic mass is 16.5. The molecule has 0 radical (unpaired) electrons. The predicted molar refractivity (Wildman–Crippen MR) is 67.1 cm³/mol. The van der Waals surface area contributed by atoms with Crippen LogP contribution in [0.4, 0.5) is 0 Å². The number of aromatic nitrogens is 1. The quantitative estimate of drug-likeness (QED) is 0.890. The van der Waals surface area contributed by atoms with Gasteiger partial charge in [-0.2, -0.15) is 0 Å². The minimum atomic E-state index is -0.964. The van der Waals surface area contributed by atoms with Crippen LogP contribution in [0.2, 0.25) is 0 Å². The maximum absolute atomic E-state index is 11.9. The average Bonchev–Trinajstić information content (AvgIpc) is 2.33. The van der Waals surface area contributed by atoms with E-state index >= 15 is 0 Å². The molecule has 5 nitrogen and oxygen atoms in total. The number of nitrogens with zero attached hydrogens (tertiary/aromatic N) is 1. The first kappa shape index (κ1) is 12.2. The van der Waals surface area contributed by atoms with Crippen molar-refractivity contribution < 1.29 is 14.6 Å². The number of rotatable bonds is 3. The second kappa shape index (κ2) is 4.52. The number of aryl methyl sites for hydroxylation is 1. The zero-order chi connectivity index (χ0) is 13.3. The number of aliphatic carboxylic acids is 1. The van der Waals surface area contributed by atoms with Crippen LogP contribution in [-0.4, -0.2) is 22.8 Å². The number of benzene rings is 1. The Balaban J connectivity index is 2.90. The van der Waals surface area contributed by atoms with E-state index in [1.54, 1.807) is 29.7 Å². The third kappa shape index (κ3) is 1.95. The molecule has 18 heavy (non-hydrogen) atoms. The standard InChI is InChI=1S/C13H13NO4/c1-8-6-10(15)9-4-3-5-11(18-2)13(9)14(8)7-12(16)17/h3-6H,7H2,1-2H3,(H,16,17). The number of carboxylic acid groups (broad SMARTS) is 1. The minimum Gasteiger partial charge on any atom is -0.495 e. The fourth-order valence-electron chi connectivity index (χ4n) is 2.03. The van der Waals surface area contributed by atoms with Crippen molar-refractivity contribution >= 4 is 16.9 Å². The molecule has 0 saturated carbocycles. The van der Waals surface area contributed by atoms with Crippen molar-refractivity contribution in [3.8, 4) is 5.75 Å². The molecule has 2 aromatic rings. The normalized spacial score (nSPS) is 10.6. The third-order valence-electron chi connectivity index (χ3n) is 2.81. The summed E-state index contributed by atoms with van der Waals surface area (Å²) in [6, 6.07) is 6.52. The van der Waals surface area contributed by atoms with Crippen molar-refractivity contribution in [1.29, 1.82) is 0 Å². The molecule has 1 heterocycles. The van der Waals surface area contributed by atoms with Gasteiger partial charge >= 0.3 is 5.97 Å². The molecule has 0 bridgehead atoms. The van der Waals surface area contributed by atoms with Gasteiger partial charge in [-0.15, -0.1) is 0 Å². The topological polar surface area (TPSA) is 68.5 Å². The number of fused-ring (bicyclic) bond motifs is 1. The first-order chi connectivity index (χ1) is 8.54. The SMILES string of the molecule is COc1cccc2c(=O)cc(C)n(CC(=O)O)c12. The summed E-state index contributed by atoms with van der Waals surface area (Å²) >= 11 is 0. The maximum Gasteiger partial charge on any atom is 0.323 e. The van der Waals surface area contributed by atoms with Crippen molar-refractivity contribution in [3.63, 3.8) is 0 Å². The van der Waals surface area contributed by atoms with Crippen molar-refractivity contribution in [2.75, 3.05) is 7.11 Å². The van der Waals surface area contributed by atoms with E-state index in [0.29, 0.717) is 22.3 Å². The lowest BCUT2D eigenvalue weighted by Crippen LogP contribution is -2.17. The van der Waals surface area contributed by atoms with Crippen LogP contribution in [0.1, 0.15) is 5.69 Å². The number of ether oxygens (including phenoxy) is 1. The predicted octanol–water partition coefficient (Wildman–Crippen LogP) is 1.40. The molecule has 2 rings (SSSR count). The molecule has 5 heteroatoms. The van der Waals surface area contributed by atoms with E-state index in [4.69, 9.17) is 9.84 Å². The Kier molecular flexibility index (Phi) is 3.06. The lowest BCUT2D eigenvalue weighted by molar-refractivity contribution is -0.137. The van der Waals surface area contributed by atoms with E-state index in [1.165, 1.54) is 13.2 Å². The Morgan fingerprint density at radius 3 is 2.78 bits per heavy atom. The maximum atomic E-state index is 11.9. The molecule has 0 amide bonds. The number of hydrogen-bond donors (Lipinski definition) is 1. The van der Waals surface area contributed by atoms with Gasteiger partial charge in [0.15, 0.2) is 5.43 Å². The van der Waals surface area contributed by atoms with Crippen molar-refractivity contribution in [2.24, 2.45) is 0 Å². The van der Waals surface area contributed by atoms with E-state index in [-0.39, 0.29) is 12.0 Å². The van der Waals surface area contributed by atoms with Crippen LogP contribution in [0.5, 0.6) is 5.75 Å². The summed E-state index contributed by atoms with van der Waals surface area (Å²) in [5.41, 5.74) is 0.981. The third-order valence-corrected chi connectivity index (χ3v) is 2.81. The molecular formula is C13H13NO4. The summed E-state index contributed by atoms with van der Waals surface area (Å²) in [4.78, 5) is 22.8. The molecular weight excluding hydrogens is 234 g/mol. The molecule has 0 fully saturated rings. The van der Waals surface area contributed by atoms with Crippen LogP contribution >= 0.6 is 0 Å². The second-order valence-corrected chi connectivity index (χ2v) is 3.99. The van der Waals surface area contributed by atoms with Crippen molar-refractivity contribution in [1.82, 2.24) is 4.57 Å². The van der Waals surface area contributed by atoms with Gasteiger partial charge in [0.2, 0.25) is 0 Å². The summed E-state index contributed by atoms with van der Waals surface area (Å²) in [6.45, 7) is 1.50. The van der Waals surface area contributed by atoms with Gasteiger partial charge in [-0.25, -0.2) is 0 Å². The van der Waals surface area contributed by atoms with E-state index in [9.17, 15) is 9.59 Å². The zero-order valence-electron chi connectivity index (χ0n) is 10.1. The smallest absolute Gasteiger partial charge is 0.323 e. The summed E-state index contributed by atoms with van der Waals surface area (Å²) in [7, 11) is 1.49. The first-order valence-corrected chi connectivity index (χ1v) is 5.43. The van der Waals surface area contributed by atoms with Gasteiger partial charge < -0.3 is 14.4 Å². The Morgan fingerprint density at radius 2 is 2.17 bits per heavy atom. The Hall–Kier alpha value is -2.30. The number of pyridine rings is 1. The molecule has 0 saturated heterocycles. The zero-order valence-corrected chi connectivity index (χ0v) is 10.1. The number of carbonyl (C=O) groups is 1. The van der Waals surface area contributed by atoms with E-state index in [1.807, 2.05) is 0 Å². The summed E-state index contributed by atoms with van der Waals surface area (Å²) in [5, 5.41) is 9.40. The lowest BCUT2D eigenvalue weighted by atomic mass is 10.1. The van der Waals surface area contributed by atoms with Crippen LogP contribution < -0.4 is 10.2 Å². The van der Waals surface area contributed by atoms with Gasteiger partial charge in [0, 0.05) is 17.1 Å². The fourth-order valence-corrected chi connectivity index (χ4v) is 2.03. The fraction of sp³-hybridized carbons (Fsp3) is 0.231. The monoisotopic (exact) mass is 247 g/mol. The highest BCUT2D eigenvalue weighted by molar-refractivity contribution is 5.86. The number of para-hydroxylation sites is 1. The molecule has 0 aliphatic carbocycles. The lowest BCUT2D eigenvalue weighted by Gasteiger charge is -2.14. The largest absolute Gasteiger partial charge is 0.495 e. The van der Waals surface area contributed by atoms with Crippen LogP contribution in [-0.2, 0) is 11.3 Å². The summed E-state index contributed by atoms with van der Waals surface area (Å²) in [5.74, 6) is -0.469. The molecule has 94 valence electrons. The molecule has 0 atom stereocenters. The number of methoxy groups -OCH3 is 1.